The van der Waals surface area contributed by atoms with E-state index in [4.69, 9.17) is 17.0 Å². The molecular weight excluding hydrogens is 216 g/mol. The number of ether oxygens (including phenoxy) is 2. The van der Waals surface area contributed by atoms with Crippen LogP contribution in [-0.2, 0) is 4.74 Å². The predicted molar refractivity (Wildman–Crippen MR) is 58.3 cm³/mol. The quantitative estimate of drug-likeness (QED) is 0.616. The second-order valence-electron chi connectivity index (χ2n) is 2.80. The van der Waals surface area contributed by atoms with E-state index in [0.717, 1.165) is 0 Å². The van der Waals surface area contributed by atoms with Crippen molar-refractivity contribution >= 4 is 23.2 Å². The van der Waals surface area contributed by atoms with E-state index in [-0.39, 0.29) is 11.3 Å². The molecule has 0 aliphatic heterocycles. The molecule has 0 unspecified atom stereocenters. The Bertz CT molecular complexity index is 400. The van der Waals surface area contributed by atoms with E-state index >= 15 is 0 Å². The molecule has 0 aromatic heterocycles. The number of carbonyl (C=O) groups excluding carboxylic acids is 1. The number of esters is 1. The molecule has 1 aromatic rings. The number of phenolic OH excluding ortho intramolecular Hbond substituents is 1. The lowest BCUT2D eigenvalue weighted by Crippen LogP contribution is -2.03. The number of phenols is 1. The van der Waals surface area contributed by atoms with Crippen molar-refractivity contribution in [3.05, 3.63) is 23.8 Å². The molecule has 1 aromatic carbocycles. The number of hydrogen-bond donors (Lipinski definition) is 1. The molecule has 0 spiro atoms. The Hall–Kier alpha value is -1.62. The minimum absolute atomic E-state index is 0.0795. The molecule has 1 N–H and O–H groups in total. The van der Waals surface area contributed by atoms with Crippen LogP contribution in [-0.4, -0.2) is 23.2 Å². The third-order valence-electron chi connectivity index (χ3n) is 1.57. The van der Waals surface area contributed by atoms with E-state index in [9.17, 15) is 9.90 Å². The van der Waals surface area contributed by atoms with E-state index in [1.165, 1.54) is 25.3 Å². The highest BCUT2D eigenvalue weighted by Gasteiger charge is 2.09. The fourth-order valence-corrected chi connectivity index (χ4v) is 1.14. The summed E-state index contributed by atoms with van der Waals surface area (Å²) >= 11 is 4.74. The number of rotatable bonds is 2. The molecule has 0 fully saturated rings. The lowest BCUT2D eigenvalue weighted by molar-refractivity contribution is 0.0600. The summed E-state index contributed by atoms with van der Waals surface area (Å²) < 4.78 is 9.61. The van der Waals surface area contributed by atoms with E-state index in [1.807, 2.05) is 0 Å². The molecule has 0 heterocycles. The largest absolute Gasteiger partial charge is 0.508 e. The first kappa shape index (κ1) is 11.5. The van der Waals surface area contributed by atoms with Crippen molar-refractivity contribution in [3.63, 3.8) is 0 Å². The van der Waals surface area contributed by atoms with Gasteiger partial charge in [-0.1, -0.05) is 0 Å². The van der Waals surface area contributed by atoms with Gasteiger partial charge in [0.2, 0.25) is 0 Å². The topological polar surface area (TPSA) is 55.8 Å². The fourth-order valence-electron chi connectivity index (χ4n) is 1.04. The van der Waals surface area contributed by atoms with Crippen LogP contribution in [0.3, 0.4) is 0 Å². The Kier molecular flexibility index (Phi) is 3.62. The molecule has 1 rings (SSSR count). The standard InChI is InChI=1S/C10H10O4S/c1-6(15)14-9-4-7(10(12)13-2)3-8(11)5-9/h3-5,11H,1-2H3. The zero-order valence-electron chi connectivity index (χ0n) is 8.31. The first-order valence-electron chi connectivity index (χ1n) is 4.13. The molecular formula is C10H10O4S. The van der Waals surface area contributed by atoms with Gasteiger partial charge in [0.05, 0.1) is 12.7 Å². The van der Waals surface area contributed by atoms with Crippen molar-refractivity contribution in [1.82, 2.24) is 0 Å². The SMILES string of the molecule is COC(=O)c1cc(O)cc(OC(C)=S)c1. The summed E-state index contributed by atoms with van der Waals surface area (Å²) in [4.78, 5) is 11.2. The molecule has 80 valence electrons. The Morgan fingerprint density at radius 1 is 1.40 bits per heavy atom. The van der Waals surface area contributed by atoms with Crippen LogP contribution in [0.2, 0.25) is 0 Å². The van der Waals surface area contributed by atoms with Gasteiger partial charge >= 0.3 is 5.97 Å². The van der Waals surface area contributed by atoms with Crippen molar-refractivity contribution in [1.29, 1.82) is 0 Å². The molecule has 0 saturated carbocycles. The van der Waals surface area contributed by atoms with Gasteiger partial charge in [-0.2, -0.15) is 0 Å². The Morgan fingerprint density at radius 2 is 2.07 bits per heavy atom. The summed E-state index contributed by atoms with van der Waals surface area (Å²) in [6.07, 6.45) is 0. The lowest BCUT2D eigenvalue weighted by Gasteiger charge is -2.06. The summed E-state index contributed by atoms with van der Waals surface area (Å²) in [5.74, 6) is -0.315. The minimum Gasteiger partial charge on any atom is -0.508 e. The Labute approximate surface area is 92.4 Å². The van der Waals surface area contributed by atoms with E-state index < -0.39 is 5.97 Å². The summed E-state index contributed by atoms with van der Waals surface area (Å²) in [6, 6.07) is 4.10. The van der Waals surface area contributed by atoms with Gasteiger partial charge in [0.15, 0.2) is 5.05 Å². The monoisotopic (exact) mass is 226 g/mol. The Balaban J connectivity index is 3.04. The van der Waals surface area contributed by atoms with Gasteiger partial charge in [0.1, 0.15) is 11.5 Å². The summed E-state index contributed by atoms with van der Waals surface area (Å²) in [5.41, 5.74) is 0.212. The zero-order chi connectivity index (χ0) is 11.4. The number of benzene rings is 1. The average molecular weight is 226 g/mol. The first-order valence-corrected chi connectivity index (χ1v) is 4.54. The van der Waals surface area contributed by atoms with Crippen LogP contribution in [0.4, 0.5) is 0 Å². The van der Waals surface area contributed by atoms with Crippen LogP contribution in [0.15, 0.2) is 18.2 Å². The fraction of sp³-hybridized carbons (Fsp3) is 0.200. The van der Waals surface area contributed by atoms with E-state index in [1.54, 1.807) is 6.92 Å². The van der Waals surface area contributed by atoms with Crippen molar-refractivity contribution in [2.24, 2.45) is 0 Å². The predicted octanol–water partition coefficient (Wildman–Crippen LogP) is 1.90. The van der Waals surface area contributed by atoms with Gasteiger partial charge in [0.25, 0.3) is 0 Å². The third-order valence-corrected chi connectivity index (χ3v) is 1.66. The van der Waals surface area contributed by atoms with Crippen LogP contribution < -0.4 is 4.74 Å². The number of methoxy groups -OCH3 is 1. The lowest BCUT2D eigenvalue weighted by atomic mass is 10.2. The smallest absolute Gasteiger partial charge is 0.338 e. The maximum absolute atomic E-state index is 11.2. The molecule has 0 bridgehead atoms. The summed E-state index contributed by atoms with van der Waals surface area (Å²) in [6.45, 7) is 1.59. The van der Waals surface area contributed by atoms with Crippen molar-refractivity contribution in [2.75, 3.05) is 7.11 Å². The highest BCUT2D eigenvalue weighted by Crippen LogP contribution is 2.22. The number of thiocarbonyl (C=S) groups is 1. The van der Waals surface area contributed by atoms with Crippen LogP contribution in [0.25, 0.3) is 0 Å². The van der Waals surface area contributed by atoms with Gasteiger partial charge in [-0.05, 0) is 24.4 Å². The minimum atomic E-state index is -0.544. The second-order valence-corrected chi connectivity index (χ2v) is 3.38. The van der Waals surface area contributed by atoms with Crippen LogP contribution in [0, 0.1) is 0 Å². The molecule has 0 atom stereocenters. The van der Waals surface area contributed by atoms with Crippen LogP contribution in [0.1, 0.15) is 17.3 Å². The summed E-state index contributed by atoms with van der Waals surface area (Å²) in [7, 11) is 1.26. The van der Waals surface area contributed by atoms with Crippen LogP contribution in [0.5, 0.6) is 11.5 Å². The highest BCUT2D eigenvalue weighted by molar-refractivity contribution is 7.80. The van der Waals surface area contributed by atoms with Crippen molar-refractivity contribution in [3.8, 4) is 11.5 Å². The molecule has 0 amide bonds. The maximum Gasteiger partial charge on any atom is 0.338 e. The summed E-state index contributed by atoms with van der Waals surface area (Å²) in [5, 5.41) is 9.62. The van der Waals surface area contributed by atoms with E-state index in [2.05, 4.69) is 4.74 Å². The molecule has 15 heavy (non-hydrogen) atoms. The van der Waals surface area contributed by atoms with Gasteiger partial charge in [-0.25, -0.2) is 4.79 Å². The Morgan fingerprint density at radius 3 is 2.60 bits per heavy atom. The normalized spacial score (nSPS) is 9.47. The number of carbonyl (C=O) groups is 1. The first-order chi connectivity index (χ1) is 7.02. The molecule has 5 heteroatoms. The number of hydrogen-bond acceptors (Lipinski definition) is 5. The third kappa shape index (κ3) is 3.21. The average Bonchev–Trinajstić information content (AvgIpc) is 2.14. The number of aromatic hydroxyl groups is 1. The van der Waals surface area contributed by atoms with Gasteiger partial charge in [-0.3, -0.25) is 0 Å². The van der Waals surface area contributed by atoms with Gasteiger partial charge < -0.3 is 14.6 Å². The zero-order valence-corrected chi connectivity index (χ0v) is 9.13. The maximum atomic E-state index is 11.2. The molecule has 0 aliphatic carbocycles. The molecule has 0 radical (unpaired) electrons. The van der Waals surface area contributed by atoms with Crippen LogP contribution >= 0.6 is 12.2 Å². The van der Waals surface area contributed by atoms with Gasteiger partial charge in [-0.15, -0.1) is 0 Å². The molecule has 0 aliphatic rings. The van der Waals surface area contributed by atoms with Gasteiger partial charge in [0, 0.05) is 13.0 Å². The second kappa shape index (κ2) is 4.75. The highest BCUT2D eigenvalue weighted by atomic mass is 32.1. The van der Waals surface area contributed by atoms with Crippen molar-refractivity contribution in [2.45, 2.75) is 6.92 Å². The molecule has 0 saturated heterocycles. The van der Waals surface area contributed by atoms with E-state index in [0.29, 0.717) is 10.8 Å². The molecule has 4 nitrogen and oxygen atoms in total. The van der Waals surface area contributed by atoms with Crippen molar-refractivity contribution < 1.29 is 19.4 Å².